The Morgan fingerprint density at radius 3 is 2.77 bits per heavy atom. The molecule has 0 saturated carbocycles. The number of urea groups is 1. The van der Waals surface area contributed by atoms with E-state index in [2.05, 4.69) is 0 Å². The largest absolute Gasteiger partial charge is 0.481 e. The molecule has 3 N–H and O–H groups in total. The maximum absolute atomic E-state index is 10.8. The van der Waals surface area contributed by atoms with Gasteiger partial charge in [0, 0.05) is 19.5 Å². The average molecular weight is 186 g/mol. The lowest BCUT2D eigenvalue weighted by Crippen LogP contribution is -2.43. The van der Waals surface area contributed by atoms with E-state index in [1.807, 2.05) is 0 Å². The van der Waals surface area contributed by atoms with Gasteiger partial charge in [0.2, 0.25) is 0 Å². The van der Waals surface area contributed by atoms with Gasteiger partial charge in [0.25, 0.3) is 0 Å². The zero-order valence-corrected chi connectivity index (χ0v) is 7.40. The molecule has 1 unspecified atom stereocenters. The maximum atomic E-state index is 10.8. The predicted octanol–water partition coefficient (Wildman–Crippen LogP) is 0.252. The summed E-state index contributed by atoms with van der Waals surface area (Å²) in [4.78, 5) is 22.7. The number of rotatable bonds is 2. The molecular weight excluding hydrogens is 172 g/mol. The van der Waals surface area contributed by atoms with Crippen LogP contribution in [0, 0.1) is 5.92 Å². The van der Waals surface area contributed by atoms with Gasteiger partial charge in [0.1, 0.15) is 0 Å². The highest BCUT2D eigenvalue weighted by molar-refractivity contribution is 5.72. The molecule has 0 aromatic rings. The van der Waals surface area contributed by atoms with Crippen LogP contribution in [0.3, 0.4) is 0 Å². The van der Waals surface area contributed by atoms with Crippen molar-refractivity contribution in [2.45, 2.75) is 19.3 Å². The van der Waals surface area contributed by atoms with E-state index in [4.69, 9.17) is 10.8 Å². The molecule has 5 nitrogen and oxygen atoms in total. The SMILES string of the molecule is NC(=O)N1CCCC(CC(=O)O)C1. The molecule has 1 aliphatic heterocycles. The van der Waals surface area contributed by atoms with E-state index >= 15 is 0 Å². The minimum absolute atomic E-state index is 0.0683. The van der Waals surface area contributed by atoms with Gasteiger partial charge < -0.3 is 15.7 Å². The number of carboxylic acid groups (broad SMARTS) is 1. The molecule has 1 saturated heterocycles. The maximum Gasteiger partial charge on any atom is 0.314 e. The van der Waals surface area contributed by atoms with Gasteiger partial charge in [-0.15, -0.1) is 0 Å². The van der Waals surface area contributed by atoms with Crippen molar-refractivity contribution < 1.29 is 14.7 Å². The molecule has 0 bridgehead atoms. The van der Waals surface area contributed by atoms with Gasteiger partial charge >= 0.3 is 12.0 Å². The molecule has 0 aromatic heterocycles. The summed E-state index contributed by atoms with van der Waals surface area (Å²) in [5.41, 5.74) is 5.10. The monoisotopic (exact) mass is 186 g/mol. The number of nitrogens with two attached hydrogens (primary N) is 1. The third kappa shape index (κ3) is 2.93. The summed E-state index contributed by atoms with van der Waals surface area (Å²) in [7, 11) is 0. The number of carbonyl (C=O) groups excluding carboxylic acids is 1. The number of carbonyl (C=O) groups is 2. The molecule has 1 heterocycles. The number of piperidine rings is 1. The fraction of sp³-hybridized carbons (Fsp3) is 0.750. The van der Waals surface area contributed by atoms with E-state index in [1.54, 1.807) is 0 Å². The van der Waals surface area contributed by atoms with Gasteiger partial charge in [-0.25, -0.2) is 4.79 Å². The summed E-state index contributed by atoms with van der Waals surface area (Å²) < 4.78 is 0. The molecule has 0 aliphatic carbocycles. The molecule has 1 aliphatic rings. The van der Waals surface area contributed by atoms with Crippen LogP contribution in [0.15, 0.2) is 0 Å². The Kier molecular flexibility index (Phi) is 3.11. The van der Waals surface area contributed by atoms with E-state index in [9.17, 15) is 9.59 Å². The number of carboxylic acids is 1. The van der Waals surface area contributed by atoms with Crippen molar-refractivity contribution in [3.63, 3.8) is 0 Å². The highest BCUT2D eigenvalue weighted by Gasteiger charge is 2.23. The Morgan fingerprint density at radius 2 is 2.23 bits per heavy atom. The van der Waals surface area contributed by atoms with Crippen LogP contribution < -0.4 is 5.73 Å². The number of aliphatic carboxylic acids is 1. The van der Waals surface area contributed by atoms with Crippen LogP contribution in [-0.4, -0.2) is 35.1 Å². The molecule has 5 heteroatoms. The summed E-state index contributed by atoms with van der Waals surface area (Å²) in [5, 5.41) is 8.56. The Balaban J connectivity index is 2.41. The topological polar surface area (TPSA) is 83.6 Å². The van der Waals surface area contributed by atoms with Crippen molar-refractivity contribution >= 4 is 12.0 Å². The van der Waals surface area contributed by atoms with Crippen LogP contribution in [0.5, 0.6) is 0 Å². The van der Waals surface area contributed by atoms with Crippen molar-refractivity contribution in [2.75, 3.05) is 13.1 Å². The summed E-state index contributed by atoms with van der Waals surface area (Å²) in [5.74, 6) is -0.741. The Labute approximate surface area is 76.5 Å². The van der Waals surface area contributed by atoms with Crippen molar-refractivity contribution in [3.05, 3.63) is 0 Å². The average Bonchev–Trinajstić information content (AvgIpc) is 2.03. The quantitative estimate of drug-likeness (QED) is 0.648. The lowest BCUT2D eigenvalue weighted by atomic mass is 9.95. The summed E-state index contributed by atoms with van der Waals surface area (Å²) in [6.45, 7) is 1.15. The summed E-state index contributed by atoms with van der Waals surface area (Å²) >= 11 is 0. The number of nitrogens with zero attached hydrogens (tertiary/aromatic N) is 1. The number of primary amides is 1. The van der Waals surface area contributed by atoms with Crippen molar-refractivity contribution in [1.29, 1.82) is 0 Å². The first-order valence-corrected chi connectivity index (χ1v) is 4.35. The van der Waals surface area contributed by atoms with Gasteiger partial charge in [-0.1, -0.05) is 0 Å². The smallest absolute Gasteiger partial charge is 0.314 e. The van der Waals surface area contributed by atoms with Crippen molar-refractivity contribution in [1.82, 2.24) is 4.90 Å². The number of hydrogen-bond donors (Lipinski definition) is 2. The molecule has 2 amide bonds. The van der Waals surface area contributed by atoms with Crippen molar-refractivity contribution in [3.8, 4) is 0 Å². The fourth-order valence-electron chi connectivity index (χ4n) is 1.68. The highest BCUT2D eigenvalue weighted by Crippen LogP contribution is 2.18. The van der Waals surface area contributed by atoms with E-state index in [0.29, 0.717) is 13.1 Å². The number of amides is 2. The third-order valence-corrected chi connectivity index (χ3v) is 2.29. The standard InChI is InChI=1S/C8H14N2O3/c9-8(13)10-3-1-2-6(5-10)4-7(11)12/h6H,1-5H2,(H2,9,13)(H,11,12). The zero-order chi connectivity index (χ0) is 9.84. The van der Waals surface area contributed by atoms with Crippen LogP contribution in [0.2, 0.25) is 0 Å². The minimum atomic E-state index is -0.809. The number of hydrogen-bond acceptors (Lipinski definition) is 2. The molecule has 1 fully saturated rings. The molecule has 0 spiro atoms. The van der Waals surface area contributed by atoms with Crippen LogP contribution in [0.25, 0.3) is 0 Å². The van der Waals surface area contributed by atoms with E-state index in [0.717, 1.165) is 12.8 Å². The fourth-order valence-corrected chi connectivity index (χ4v) is 1.68. The molecular formula is C8H14N2O3. The second-order valence-corrected chi connectivity index (χ2v) is 3.39. The second kappa shape index (κ2) is 4.11. The molecule has 0 aromatic carbocycles. The third-order valence-electron chi connectivity index (χ3n) is 2.29. The second-order valence-electron chi connectivity index (χ2n) is 3.39. The normalized spacial score (nSPS) is 22.8. The lowest BCUT2D eigenvalue weighted by Gasteiger charge is -2.30. The Bertz CT molecular complexity index is 217. The van der Waals surface area contributed by atoms with Gasteiger partial charge in [0.15, 0.2) is 0 Å². The molecule has 13 heavy (non-hydrogen) atoms. The predicted molar refractivity (Wildman–Crippen MR) is 46.1 cm³/mol. The molecule has 74 valence electrons. The van der Waals surface area contributed by atoms with Gasteiger partial charge in [-0.3, -0.25) is 4.79 Å². The Morgan fingerprint density at radius 1 is 1.54 bits per heavy atom. The Hall–Kier alpha value is -1.26. The van der Waals surface area contributed by atoms with Crippen LogP contribution in [0.1, 0.15) is 19.3 Å². The van der Waals surface area contributed by atoms with Gasteiger partial charge in [-0.05, 0) is 18.8 Å². The zero-order valence-electron chi connectivity index (χ0n) is 7.40. The number of likely N-dealkylation sites (tertiary alicyclic amines) is 1. The molecule has 1 atom stereocenters. The van der Waals surface area contributed by atoms with Crippen LogP contribution >= 0.6 is 0 Å². The first-order valence-electron chi connectivity index (χ1n) is 4.35. The summed E-state index contributed by atoms with van der Waals surface area (Å²) in [6, 6.07) is -0.449. The highest BCUT2D eigenvalue weighted by atomic mass is 16.4. The van der Waals surface area contributed by atoms with Gasteiger partial charge in [-0.2, -0.15) is 0 Å². The first-order chi connectivity index (χ1) is 6.09. The van der Waals surface area contributed by atoms with E-state index in [-0.39, 0.29) is 12.3 Å². The molecule has 0 radical (unpaired) electrons. The van der Waals surface area contributed by atoms with E-state index in [1.165, 1.54) is 4.90 Å². The van der Waals surface area contributed by atoms with Gasteiger partial charge in [0.05, 0.1) is 0 Å². The molecule has 1 rings (SSSR count). The lowest BCUT2D eigenvalue weighted by molar-refractivity contribution is -0.138. The minimum Gasteiger partial charge on any atom is -0.481 e. The summed E-state index contributed by atoms with van der Waals surface area (Å²) in [6.07, 6.45) is 1.85. The van der Waals surface area contributed by atoms with Crippen LogP contribution in [-0.2, 0) is 4.79 Å². The van der Waals surface area contributed by atoms with Crippen molar-refractivity contribution in [2.24, 2.45) is 11.7 Å². The first kappa shape index (κ1) is 9.83. The van der Waals surface area contributed by atoms with E-state index < -0.39 is 12.0 Å². The van der Waals surface area contributed by atoms with Crippen LogP contribution in [0.4, 0.5) is 4.79 Å².